The lowest BCUT2D eigenvalue weighted by Crippen LogP contribution is -2.56. The van der Waals surface area contributed by atoms with Crippen molar-refractivity contribution in [2.45, 2.75) is 25.3 Å². The van der Waals surface area contributed by atoms with E-state index in [0.29, 0.717) is 0 Å². The topological polar surface area (TPSA) is 40.0 Å². The first-order chi connectivity index (χ1) is 13.6. The van der Waals surface area contributed by atoms with E-state index >= 15 is 0 Å². The molecule has 3 aliphatic rings. The predicted molar refractivity (Wildman–Crippen MR) is 111 cm³/mol. The summed E-state index contributed by atoms with van der Waals surface area (Å²) < 4.78 is 13.4. The largest absolute Gasteiger partial charge is 0.329 e. The molecule has 5 heteroatoms. The van der Waals surface area contributed by atoms with Gasteiger partial charge >= 0.3 is 0 Å². The average molecular weight is 372 g/mol. The van der Waals surface area contributed by atoms with Crippen LogP contribution in [0.4, 0.5) is 10.1 Å². The number of nitrogens with zero attached hydrogens (tertiary/aromatic N) is 3. The second-order valence-electron chi connectivity index (χ2n) is 7.32. The summed E-state index contributed by atoms with van der Waals surface area (Å²) in [6, 6.07) is 15.0. The normalized spacial score (nSPS) is 25.7. The SMILES string of the molecule is CC1c2ccccc2CCN1C1(Nc2ccc(F)cc2)N=CC2=CC=CC2=N1. The summed E-state index contributed by atoms with van der Waals surface area (Å²) in [6.07, 6.45) is 8.82. The van der Waals surface area contributed by atoms with Gasteiger partial charge in [0, 0.05) is 30.1 Å². The Kier molecular flexibility index (Phi) is 3.98. The molecule has 0 bridgehead atoms. The minimum absolute atomic E-state index is 0.135. The second-order valence-corrected chi connectivity index (χ2v) is 7.32. The van der Waals surface area contributed by atoms with Crippen molar-refractivity contribution in [2.75, 3.05) is 11.9 Å². The second kappa shape index (κ2) is 6.53. The third-order valence-corrected chi connectivity index (χ3v) is 5.64. The van der Waals surface area contributed by atoms with Crippen molar-refractivity contribution in [3.8, 4) is 0 Å². The number of hydrogen-bond acceptors (Lipinski definition) is 4. The summed E-state index contributed by atoms with van der Waals surface area (Å²) >= 11 is 0. The zero-order chi connectivity index (χ0) is 19.1. The molecule has 4 nitrogen and oxygen atoms in total. The number of aliphatic imine (C=N–C) groups is 2. The summed E-state index contributed by atoms with van der Waals surface area (Å²) in [5.41, 5.74) is 5.38. The lowest BCUT2D eigenvalue weighted by molar-refractivity contribution is 0.0746. The monoisotopic (exact) mass is 372 g/mol. The Morgan fingerprint density at radius 1 is 1.14 bits per heavy atom. The first-order valence-corrected chi connectivity index (χ1v) is 9.57. The van der Waals surface area contributed by atoms with Gasteiger partial charge in [0.2, 0.25) is 0 Å². The van der Waals surface area contributed by atoms with Crippen molar-refractivity contribution in [2.24, 2.45) is 9.98 Å². The molecule has 0 fully saturated rings. The maximum atomic E-state index is 13.4. The molecule has 2 atom stereocenters. The Balaban J connectivity index is 1.58. The van der Waals surface area contributed by atoms with Crippen LogP contribution < -0.4 is 5.32 Å². The van der Waals surface area contributed by atoms with Gasteiger partial charge in [0.15, 0.2) is 0 Å². The van der Waals surface area contributed by atoms with E-state index in [4.69, 9.17) is 9.98 Å². The highest BCUT2D eigenvalue weighted by atomic mass is 19.1. The van der Waals surface area contributed by atoms with Crippen LogP contribution in [0.5, 0.6) is 0 Å². The van der Waals surface area contributed by atoms with Crippen LogP contribution in [0, 0.1) is 5.82 Å². The van der Waals surface area contributed by atoms with Gasteiger partial charge in [0.1, 0.15) is 5.82 Å². The fourth-order valence-electron chi connectivity index (χ4n) is 4.19. The van der Waals surface area contributed by atoms with Crippen molar-refractivity contribution >= 4 is 17.6 Å². The van der Waals surface area contributed by atoms with E-state index in [9.17, 15) is 4.39 Å². The Morgan fingerprint density at radius 3 is 2.82 bits per heavy atom. The number of rotatable bonds is 3. The van der Waals surface area contributed by atoms with Gasteiger partial charge < -0.3 is 5.32 Å². The van der Waals surface area contributed by atoms with Gasteiger partial charge in [-0.05, 0) is 54.8 Å². The molecule has 0 saturated heterocycles. The van der Waals surface area contributed by atoms with E-state index in [-0.39, 0.29) is 11.9 Å². The van der Waals surface area contributed by atoms with Crippen molar-refractivity contribution in [1.82, 2.24) is 4.90 Å². The molecule has 2 aromatic carbocycles. The van der Waals surface area contributed by atoms with Gasteiger partial charge in [-0.1, -0.05) is 36.4 Å². The molecule has 2 heterocycles. The summed E-state index contributed by atoms with van der Waals surface area (Å²) in [5, 5.41) is 3.48. The van der Waals surface area contributed by atoms with Gasteiger partial charge in [-0.2, -0.15) is 0 Å². The van der Waals surface area contributed by atoms with Gasteiger partial charge in [-0.25, -0.2) is 19.3 Å². The van der Waals surface area contributed by atoms with Crippen LogP contribution in [0.1, 0.15) is 24.1 Å². The zero-order valence-electron chi connectivity index (χ0n) is 15.6. The van der Waals surface area contributed by atoms with Crippen LogP contribution in [0.3, 0.4) is 0 Å². The number of allylic oxidation sites excluding steroid dienone is 4. The molecule has 0 amide bonds. The fraction of sp³-hybridized carbons (Fsp3) is 0.217. The molecule has 28 heavy (non-hydrogen) atoms. The van der Waals surface area contributed by atoms with E-state index in [1.165, 1.54) is 23.3 Å². The number of hydrogen-bond donors (Lipinski definition) is 1. The van der Waals surface area contributed by atoms with E-state index in [1.807, 2.05) is 24.4 Å². The Bertz CT molecular complexity index is 1030. The Hall–Kier alpha value is -3.05. The molecule has 2 aromatic rings. The lowest BCUT2D eigenvalue weighted by Gasteiger charge is -2.46. The predicted octanol–water partition coefficient (Wildman–Crippen LogP) is 4.49. The molecule has 2 aliphatic heterocycles. The third-order valence-electron chi connectivity index (χ3n) is 5.64. The molecular formula is C23H21FN4. The highest BCUT2D eigenvalue weighted by molar-refractivity contribution is 6.24. The average Bonchev–Trinajstić information content (AvgIpc) is 3.18. The van der Waals surface area contributed by atoms with Gasteiger partial charge in [-0.3, -0.25) is 0 Å². The van der Waals surface area contributed by atoms with Gasteiger partial charge in [-0.15, -0.1) is 0 Å². The minimum Gasteiger partial charge on any atom is -0.329 e. The molecule has 0 spiro atoms. The van der Waals surface area contributed by atoms with E-state index in [0.717, 1.165) is 29.9 Å². The van der Waals surface area contributed by atoms with Crippen molar-refractivity contribution < 1.29 is 4.39 Å². The fourth-order valence-corrected chi connectivity index (χ4v) is 4.19. The van der Waals surface area contributed by atoms with Gasteiger partial charge in [0.05, 0.1) is 5.71 Å². The van der Waals surface area contributed by atoms with Crippen LogP contribution in [-0.2, 0) is 6.42 Å². The number of nitrogens with one attached hydrogen (secondary N) is 1. The van der Waals surface area contributed by atoms with Crippen molar-refractivity contribution in [3.05, 3.63) is 89.3 Å². The molecular weight excluding hydrogens is 351 g/mol. The van der Waals surface area contributed by atoms with Crippen LogP contribution in [0.25, 0.3) is 0 Å². The number of halogens is 1. The first kappa shape index (κ1) is 17.1. The summed E-state index contributed by atoms with van der Waals surface area (Å²) in [4.78, 5) is 12.2. The molecule has 0 saturated carbocycles. The van der Waals surface area contributed by atoms with Crippen LogP contribution in [-0.4, -0.2) is 29.3 Å². The molecule has 2 unspecified atom stereocenters. The van der Waals surface area contributed by atoms with E-state index in [1.54, 1.807) is 12.1 Å². The summed E-state index contributed by atoms with van der Waals surface area (Å²) in [7, 11) is 0. The highest BCUT2D eigenvalue weighted by Crippen LogP contribution is 2.38. The van der Waals surface area contributed by atoms with Crippen LogP contribution >= 0.6 is 0 Å². The van der Waals surface area contributed by atoms with Gasteiger partial charge in [0.25, 0.3) is 5.91 Å². The molecule has 140 valence electrons. The summed E-state index contributed by atoms with van der Waals surface area (Å²) in [5.74, 6) is -1.23. The third kappa shape index (κ3) is 2.79. The number of fused-ring (bicyclic) bond motifs is 2. The van der Waals surface area contributed by atoms with E-state index in [2.05, 4.69) is 41.4 Å². The molecule has 0 aromatic heterocycles. The smallest absolute Gasteiger partial charge is 0.290 e. The standard InChI is InChI=1S/C23H21FN4/c1-16-21-7-3-2-5-17(21)13-14-28(16)23(26-20-11-9-19(24)10-12-20)25-15-18-6-4-8-22(18)27-23/h2-12,15-16,26H,13-14H2,1H3. The first-order valence-electron chi connectivity index (χ1n) is 9.57. The number of benzene rings is 2. The highest BCUT2D eigenvalue weighted by Gasteiger charge is 2.43. The molecule has 0 radical (unpaired) electrons. The van der Waals surface area contributed by atoms with Crippen molar-refractivity contribution in [1.29, 1.82) is 0 Å². The molecule has 5 rings (SSSR count). The van der Waals surface area contributed by atoms with Crippen LogP contribution in [0.2, 0.25) is 0 Å². The quantitative estimate of drug-likeness (QED) is 0.862. The lowest BCUT2D eigenvalue weighted by atomic mass is 9.93. The zero-order valence-corrected chi connectivity index (χ0v) is 15.6. The van der Waals surface area contributed by atoms with Crippen molar-refractivity contribution in [3.63, 3.8) is 0 Å². The van der Waals surface area contributed by atoms with Crippen LogP contribution in [0.15, 0.2) is 82.3 Å². The summed E-state index contributed by atoms with van der Waals surface area (Å²) in [6.45, 7) is 3.01. The minimum atomic E-state index is -0.966. The maximum Gasteiger partial charge on any atom is 0.290 e. The number of anilines is 1. The van der Waals surface area contributed by atoms with E-state index < -0.39 is 5.91 Å². The Labute approximate surface area is 163 Å². The Morgan fingerprint density at radius 2 is 1.96 bits per heavy atom. The molecule has 1 aliphatic carbocycles. The maximum absolute atomic E-state index is 13.4. The molecule has 1 N–H and O–H groups in total.